The summed E-state index contributed by atoms with van der Waals surface area (Å²) < 4.78 is 107. The SMILES string of the molecule is COc1cc2c3c(nc(O[C@@H]4C[C@H]5C(=O)N[C@]6(C(=O)NS(=O)(=O)C7(C)CC7)C[C@H]6/C=C\CC[C@@H](C)C[C@@H](C)[C@H](NC(=O)OC(C)(C)C(F)(F)F)C(=O)N5C4)c2cc1F)OCCC3. The Morgan fingerprint density at radius 1 is 1.10 bits per heavy atom. The highest BCUT2D eigenvalue weighted by Gasteiger charge is 2.63. The standard InChI is InChI=1S/C42H53F4N5O10S/c1-22-10-7-8-11-24-20-41(24,37(54)50-62(56,57)40(5)13-14-40)49-33(52)30-17-25(21-51(30)36(53)32(23(2)16-22)47-38(55)61-39(3,4)42(44,45)46)60-35-28-18-29(43)31(58-6)19-27(28)26-12-9-15-59-34(26)48-35/h8,11,18-19,22-25,30,32H,7,9-10,12-17,20-21H2,1-6H3,(H,47,55)(H,49,52)(H,50,54)/b11-8-/t22-,23-,24-,25-,30+,32+,41-/m1/s1. The van der Waals surface area contributed by atoms with Crippen LogP contribution in [0.2, 0.25) is 0 Å². The molecule has 0 radical (unpaired) electrons. The largest absolute Gasteiger partial charge is 0.494 e. The third-order valence-electron chi connectivity index (χ3n) is 12.9. The minimum atomic E-state index is -4.95. The van der Waals surface area contributed by atoms with Gasteiger partial charge in [-0.1, -0.05) is 26.0 Å². The number of hydrogen-bond acceptors (Lipinski definition) is 11. The third kappa shape index (κ3) is 8.71. The van der Waals surface area contributed by atoms with E-state index in [0.717, 1.165) is 4.90 Å². The number of benzene rings is 1. The molecule has 340 valence electrons. The van der Waals surface area contributed by atoms with Crippen LogP contribution in [0.4, 0.5) is 22.4 Å². The van der Waals surface area contributed by atoms with Gasteiger partial charge in [-0.15, -0.1) is 0 Å². The molecule has 2 saturated carbocycles. The van der Waals surface area contributed by atoms with E-state index in [1.807, 2.05) is 13.0 Å². The first-order valence-electron chi connectivity index (χ1n) is 20.9. The average molecular weight is 896 g/mol. The summed E-state index contributed by atoms with van der Waals surface area (Å²) in [6.07, 6.45) is -0.680. The van der Waals surface area contributed by atoms with Gasteiger partial charge < -0.3 is 34.5 Å². The molecule has 62 heavy (non-hydrogen) atoms. The normalized spacial score (nSPS) is 29.3. The van der Waals surface area contributed by atoms with Crippen LogP contribution in [-0.4, -0.2) is 103 Å². The molecule has 1 saturated heterocycles. The Morgan fingerprint density at radius 2 is 1.82 bits per heavy atom. The van der Waals surface area contributed by atoms with Crippen LogP contribution >= 0.6 is 0 Å². The van der Waals surface area contributed by atoms with E-state index >= 15 is 4.39 Å². The number of halogens is 4. The second kappa shape index (κ2) is 16.3. The Hall–Kier alpha value is -4.88. The summed E-state index contributed by atoms with van der Waals surface area (Å²) in [6.45, 7) is 6.47. The molecule has 1 aromatic carbocycles. The molecule has 3 fully saturated rings. The van der Waals surface area contributed by atoms with Crippen molar-refractivity contribution >= 4 is 44.6 Å². The number of fused-ring (bicyclic) bond motifs is 5. The van der Waals surface area contributed by atoms with Crippen molar-refractivity contribution in [3.05, 3.63) is 35.7 Å². The third-order valence-corrected chi connectivity index (χ3v) is 15.1. The highest BCUT2D eigenvalue weighted by Crippen LogP contribution is 2.48. The van der Waals surface area contributed by atoms with Crippen molar-refractivity contribution < 1.29 is 64.1 Å². The van der Waals surface area contributed by atoms with E-state index in [9.17, 15) is 40.8 Å². The number of nitrogens with zero attached hydrogens (tertiary/aromatic N) is 2. The lowest BCUT2D eigenvalue weighted by molar-refractivity contribution is -0.244. The topological polar surface area (TPSA) is 192 Å². The zero-order valence-electron chi connectivity index (χ0n) is 35.4. The fourth-order valence-corrected chi connectivity index (χ4v) is 9.85. The van der Waals surface area contributed by atoms with Gasteiger partial charge in [0.1, 0.15) is 23.7 Å². The van der Waals surface area contributed by atoms with E-state index in [1.54, 1.807) is 13.0 Å². The molecule has 0 unspecified atom stereocenters. The van der Waals surface area contributed by atoms with Gasteiger partial charge >= 0.3 is 12.3 Å². The van der Waals surface area contributed by atoms with E-state index < -0.39 is 91.7 Å². The van der Waals surface area contributed by atoms with Gasteiger partial charge in [-0.2, -0.15) is 18.2 Å². The molecule has 3 aliphatic heterocycles. The lowest BCUT2D eigenvalue weighted by atomic mass is 9.88. The molecule has 7 rings (SSSR count). The fraction of sp³-hybridized carbons (Fsp3) is 0.643. The first-order chi connectivity index (χ1) is 29.0. The molecule has 20 heteroatoms. The molecule has 5 aliphatic rings. The molecule has 0 spiro atoms. The Balaban J connectivity index is 1.26. The number of aryl methyl sites for hydroxylation is 1. The van der Waals surface area contributed by atoms with Crippen LogP contribution in [0.1, 0.15) is 91.5 Å². The van der Waals surface area contributed by atoms with Gasteiger partial charge in [0.25, 0.3) is 5.91 Å². The van der Waals surface area contributed by atoms with Crippen molar-refractivity contribution in [3.63, 3.8) is 0 Å². The highest BCUT2D eigenvalue weighted by molar-refractivity contribution is 7.91. The van der Waals surface area contributed by atoms with Crippen molar-refractivity contribution in [2.24, 2.45) is 17.8 Å². The maximum absolute atomic E-state index is 15.3. The van der Waals surface area contributed by atoms with Crippen molar-refractivity contribution in [1.29, 1.82) is 0 Å². The van der Waals surface area contributed by atoms with Crippen LogP contribution in [-0.2, 0) is 35.6 Å². The number of carbonyl (C=O) groups excluding carboxylic acids is 4. The number of amides is 4. The Labute approximate surface area is 357 Å². The molecule has 2 aromatic rings. The smallest absolute Gasteiger partial charge is 0.427 e. The molecular weight excluding hydrogens is 843 g/mol. The average Bonchev–Trinajstić information content (AvgIpc) is 4.07. The van der Waals surface area contributed by atoms with Crippen molar-refractivity contribution in [3.8, 4) is 17.5 Å². The van der Waals surface area contributed by atoms with Crippen LogP contribution < -0.4 is 29.6 Å². The zero-order valence-corrected chi connectivity index (χ0v) is 36.3. The summed E-state index contributed by atoms with van der Waals surface area (Å²) in [5, 5.41) is 5.94. The van der Waals surface area contributed by atoms with E-state index in [1.165, 1.54) is 26.2 Å². The second-order valence-corrected chi connectivity index (χ2v) is 20.4. The van der Waals surface area contributed by atoms with Gasteiger partial charge in [0, 0.05) is 23.3 Å². The monoisotopic (exact) mass is 895 g/mol. The summed E-state index contributed by atoms with van der Waals surface area (Å²) in [6, 6.07) is -0.210. The predicted molar refractivity (Wildman–Crippen MR) is 215 cm³/mol. The quantitative estimate of drug-likeness (QED) is 0.228. The molecule has 3 N–H and O–H groups in total. The number of allylic oxidation sites excluding steroid dienone is 1. The summed E-state index contributed by atoms with van der Waals surface area (Å²) in [5.41, 5.74) is -3.92. The number of alkyl halides is 3. The van der Waals surface area contributed by atoms with Gasteiger partial charge in [0.2, 0.25) is 39.2 Å². The zero-order chi connectivity index (χ0) is 45.2. The van der Waals surface area contributed by atoms with E-state index in [0.29, 0.717) is 76.3 Å². The molecule has 4 heterocycles. The number of rotatable bonds is 8. The van der Waals surface area contributed by atoms with Crippen molar-refractivity contribution in [1.82, 2.24) is 25.2 Å². The molecule has 7 atom stereocenters. The van der Waals surface area contributed by atoms with Crippen LogP contribution in [0, 0.1) is 23.6 Å². The molecule has 2 aliphatic carbocycles. The number of methoxy groups -OCH3 is 1. The van der Waals surface area contributed by atoms with Crippen LogP contribution in [0.25, 0.3) is 10.8 Å². The van der Waals surface area contributed by atoms with Gasteiger partial charge in [0.15, 0.2) is 11.6 Å². The van der Waals surface area contributed by atoms with Crippen LogP contribution in [0.3, 0.4) is 0 Å². The number of hydrogen-bond donors (Lipinski definition) is 3. The van der Waals surface area contributed by atoms with Crippen LogP contribution in [0.5, 0.6) is 17.5 Å². The first kappa shape index (κ1) is 45.2. The number of sulfonamides is 1. The van der Waals surface area contributed by atoms with Crippen LogP contribution in [0.15, 0.2) is 24.3 Å². The summed E-state index contributed by atoms with van der Waals surface area (Å²) in [5.74, 6) is -4.54. The number of nitrogens with one attached hydrogen (secondary N) is 3. The number of aromatic nitrogens is 1. The van der Waals surface area contributed by atoms with E-state index in [-0.39, 0.29) is 48.2 Å². The lowest BCUT2D eigenvalue weighted by Crippen LogP contribution is -2.59. The van der Waals surface area contributed by atoms with Gasteiger partial charge in [0.05, 0.1) is 25.0 Å². The molecule has 15 nitrogen and oxygen atoms in total. The highest BCUT2D eigenvalue weighted by atomic mass is 32.2. The molecule has 1 aromatic heterocycles. The molecule has 4 amide bonds. The second-order valence-electron chi connectivity index (χ2n) is 18.2. The summed E-state index contributed by atoms with van der Waals surface area (Å²) >= 11 is 0. The maximum atomic E-state index is 15.3. The van der Waals surface area contributed by atoms with E-state index in [4.69, 9.17) is 18.9 Å². The lowest BCUT2D eigenvalue weighted by Gasteiger charge is -2.34. The Morgan fingerprint density at radius 3 is 2.50 bits per heavy atom. The summed E-state index contributed by atoms with van der Waals surface area (Å²) in [4.78, 5) is 62.4. The van der Waals surface area contributed by atoms with Crippen molar-refractivity contribution in [2.45, 2.75) is 133 Å². The maximum Gasteiger partial charge on any atom is 0.427 e. The summed E-state index contributed by atoms with van der Waals surface area (Å²) in [7, 11) is -2.79. The number of carbonyl (C=O) groups is 4. The minimum Gasteiger partial charge on any atom is -0.494 e. The molecular formula is C42H53F4N5O10S. The van der Waals surface area contributed by atoms with Gasteiger partial charge in [-0.05, 0) is 101 Å². The Bertz CT molecular complexity index is 2290. The number of pyridine rings is 1. The first-order valence-corrected chi connectivity index (χ1v) is 22.4. The van der Waals surface area contributed by atoms with E-state index in [2.05, 4.69) is 20.3 Å². The fourth-order valence-electron chi connectivity index (χ4n) is 8.54. The Kier molecular flexibility index (Phi) is 11.9. The van der Waals surface area contributed by atoms with Crippen molar-refractivity contribution in [2.75, 3.05) is 20.3 Å². The number of alkyl carbamates (subject to hydrolysis) is 1. The van der Waals surface area contributed by atoms with Gasteiger partial charge in [-0.25, -0.2) is 17.6 Å². The molecule has 0 bridgehead atoms. The predicted octanol–water partition coefficient (Wildman–Crippen LogP) is 5.38. The van der Waals surface area contributed by atoms with Gasteiger partial charge in [-0.3, -0.25) is 19.1 Å². The number of ether oxygens (including phenoxy) is 4. The minimum absolute atomic E-state index is 0.0270.